The highest BCUT2D eigenvalue weighted by molar-refractivity contribution is 5.52. The molecule has 1 aromatic carbocycles. The maximum Gasteiger partial charge on any atom is 0.148 e. The lowest BCUT2D eigenvalue weighted by Crippen LogP contribution is -2.07. The van der Waals surface area contributed by atoms with Crippen molar-refractivity contribution in [1.29, 1.82) is 0 Å². The van der Waals surface area contributed by atoms with Crippen molar-refractivity contribution in [3.63, 3.8) is 0 Å². The number of rotatable bonds is 6. The van der Waals surface area contributed by atoms with E-state index in [0.717, 1.165) is 12.8 Å². The number of anilines is 2. The van der Waals surface area contributed by atoms with Crippen molar-refractivity contribution in [2.75, 3.05) is 24.2 Å². The molecule has 0 heterocycles. The van der Waals surface area contributed by atoms with E-state index < -0.39 is 0 Å². The van der Waals surface area contributed by atoms with Gasteiger partial charge in [0.25, 0.3) is 0 Å². The summed E-state index contributed by atoms with van der Waals surface area (Å²) in [6.07, 6.45) is 1.84. The van der Waals surface area contributed by atoms with E-state index in [1.807, 2.05) is 6.92 Å². The molecule has 4 N–H and O–H groups in total. The first-order valence-corrected chi connectivity index (χ1v) is 5.53. The van der Waals surface area contributed by atoms with Crippen LogP contribution < -0.4 is 11.1 Å². The lowest BCUT2D eigenvalue weighted by molar-refractivity contribution is 0.229. The normalized spacial score (nSPS) is 12.4. The summed E-state index contributed by atoms with van der Waals surface area (Å²) < 4.78 is 13.3. The summed E-state index contributed by atoms with van der Waals surface area (Å²) in [6.45, 7) is 2.89. The van der Waals surface area contributed by atoms with E-state index in [9.17, 15) is 4.39 Å². The molecule has 0 aromatic heterocycles. The lowest BCUT2D eigenvalue weighted by Gasteiger charge is -2.10. The molecule has 0 aliphatic heterocycles. The van der Waals surface area contributed by atoms with Crippen LogP contribution in [0.4, 0.5) is 15.8 Å². The fourth-order valence-corrected chi connectivity index (χ4v) is 1.44. The molecule has 1 atom stereocenters. The quantitative estimate of drug-likeness (QED) is 0.515. The molecule has 0 aliphatic rings. The molecular weight excluding hydrogens is 207 g/mol. The molecule has 1 aromatic rings. The molecule has 0 radical (unpaired) electrons. The van der Waals surface area contributed by atoms with Crippen LogP contribution in [0.1, 0.15) is 19.8 Å². The number of hydrogen-bond acceptors (Lipinski definition) is 3. The van der Waals surface area contributed by atoms with Gasteiger partial charge in [0.2, 0.25) is 0 Å². The number of nitrogens with two attached hydrogens (primary N) is 1. The highest BCUT2D eigenvalue weighted by Gasteiger charge is 2.02. The molecule has 16 heavy (non-hydrogen) atoms. The molecule has 0 bridgehead atoms. The minimum absolute atomic E-state index is 0.205. The van der Waals surface area contributed by atoms with E-state index >= 15 is 0 Å². The zero-order valence-corrected chi connectivity index (χ0v) is 9.54. The minimum atomic E-state index is -0.324. The van der Waals surface area contributed by atoms with Gasteiger partial charge in [-0.15, -0.1) is 0 Å². The second-order valence-corrected chi connectivity index (χ2v) is 4.10. The Bertz CT molecular complexity index is 331. The van der Waals surface area contributed by atoms with Gasteiger partial charge in [0.15, 0.2) is 0 Å². The Morgan fingerprint density at radius 2 is 2.25 bits per heavy atom. The van der Waals surface area contributed by atoms with Crippen LogP contribution in [0.2, 0.25) is 0 Å². The van der Waals surface area contributed by atoms with Crippen LogP contribution in [0.15, 0.2) is 18.2 Å². The Morgan fingerprint density at radius 1 is 1.50 bits per heavy atom. The van der Waals surface area contributed by atoms with Gasteiger partial charge < -0.3 is 16.2 Å². The van der Waals surface area contributed by atoms with Gasteiger partial charge in [-0.3, -0.25) is 0 Å². The van der Waals surface area contributed by atoms with Gasteiger partial charge in [0, 0.05) is 18.8 Å². The Kier molecular flexibility index (Phi) is 5.05. The average Bonchev–Trinajstić information content (AvgIpc) is 2.26. The first kappa shape index (κ1) is 12.8. The fourth-order valence-electron chi connectivity index (χ4n) is 1.44. The summed E-state index contributed by atoms with van der Waals surface area (Å²) in [7, 11) is 0. The third-order valence-corrected chi connectivity index (χ3v) is 2.49. The summed E-state index contributed by atoms with van der Waals surface area (Å²) in [5.41, 5.74) is 6.35. The fraction of sp³-hybridized carbons (Fsp3) is 0.500. The van der Waals surface area contributed by atoms with E-state index in [2.05, 4.69) is 5.32 Å². The predicted octanol–water partition coefficient (Wildman–Crippen LogP) is 2.23. The number of hydrogen-bond donors (Lipinski definition) is 3. The first-order chi connectivity index (χ1) is 7.63. The summed E-state index contributed by atoms with van der Waals surface area (Å²) in [4.78, 5) is 0. The molecule has 0 amide bonds. The molecule has 1 unspecified atom stereocenters. The number of halogens is 1. The minimum Gasteiger partial charge on any atom is -0.399 e. The number of nitrogen functional groups attached to an aromatic ring is 1. The molecular formula is C12H19FN2O. The third-order valence-electron chi connectivity index (χ3n) is 2.49. The summed E-state index contributed by atoms with van der Waals surface area (Å²) in [5.74, 6) is -0.0201. The topological polar surface area (TPSA) is 58.3 Å². The van der Waals surface area contributed by atoms with Gasteiger partial charge >= 0.3 is 0 Å². The Morgan fingerprint density at radius 3 is 2.88 bits per heavy atom. The number of benzene rings is 1. The Balaban J connectivity index is 2.32. The summed E-state index contributed by atoms with van der Waals surface area (Å²) in [5, 5.41) is 11.8. The van der Waals surface area contributed by atoms with Crippen LogP contribution in [0, 0.1) is 11.7 Å². The number of aliphatic hydroxyl groups excluding tert-OH is 1. The maximum absolute atomic E-state index is 13.3. The second-order valence-electron chi connectivity index (χ2n) is 4.10. The number of aliphatic hydroxyl groups is 1. The van der Waals surface area contributed by atoms with E-state index in [0.29, 0.717) is 23.8 Å². The summed E-state index contributed by atoms with van der Waals surface area (Å²) in [6, 6.07) is 4.61. The Hall–Kier alpha value is -1.29. The van der Waals surface area contributed by atoms with Crippen molar-refractivity contribution in [3.05, 3.63) is 24.0 Å². The standard InChI is InChI=1S/C12H19FN2O/c1-9(8-16)3-2-6-15-12-5-4-10(14)7-11(12)13/h4-5,7,9,15-16H,2-3,6,8,14H2,1H3. The molecule has 0 aliphatic carbocycles. The first-order valence-electron chi connectivity index (χ1n) is 5.53. The summed E-state index contributed by atoms with van der Waals surface area (Å²) >= 11 is 0. The van der Waals surface area contributed by atoms with E-state index in [4.69, 9.17) is 10.8 Å². The van der Waals surface area contributed by atoms with Crippen molar-refractivity contribution in [3.8, 4) is 0 Å². The van der Waals surface area contributed by atoms with Gasteiger partial charge in [-0.05, 0) is 37.0 Å². The zero-order chi connectivity index (χ0) is 12.0. The Labute approximate surface area is 95.5 Å². The van der Waals surface area contributed by atoms with E-state index in [1.165, 1.54) is 6.07 Å². The van der Waals surface area contributed by atoms with Crippen molar-refractivity contribution in [2.45, 2.75) is 19.8 Å². The van der Waals surface area contributed by atoms with Crippen LogP contribution in [-0.2, 0) is 0 Å². The van der Waals surface area contributed by atoms with Crippen LogP contribution in [0.25, 0.3) is 0 Å². The van der Waals surface area contributed by atoms with Gasteiger partial charge in [-0.2, -0.15) is 0 Å². The molecule has 90 valence electrons. The average molecular weight is 226 g/mol. The molecule has 0 saturated heterocycles. The van der Waals surface area contributed by atoms with Crippen molar-refractivity contribution < 1.29 is 9.50 Å². The van der Waals surface area contributed by atoms with E-state index in [-0.39, 0.29) is 12.4 Å². The van der Waals surface area contributed by atoms with Crippen LogP contribution in [-0.4, -0.2) is 18.3 Å². The molecule has 4 heteroatoms. The van der Waals surface area contributed by atoms with Gasteiger partial charge in [-0.25, -0.2) is 4.39 Å². The molecule has 3 nitrogen and oxygen atoms in total. The van der Waals surface area contributed by atoms with Crippen LogP contribution >= 0.6 is 0 Å². The van der Waals surface area contributed by atoms with Crippen molar-refractivity contribution >= 4 is 11.4 Å². The highest BCUT2D eigenvalue weighted by Crippen LogP contribution is 2.17. The van der Waals surface area contributed by atoms with E-state index in [1.54, 1.807) is 12.1 Å². The van der Waals surface area contributed by atoms with Gasteiger partial charge in [-0.1, -0.05) is 6.92 Å². The van der Waals surface area contributed by atoms with Crippen molar-refractivity contribution in [2.24, 2.45) is 5.92 Å². The van der Waals surface area contributed by atoms with Gasteiger partial charge in [0.1, 0.15) is 5.82 Å². The molecule has 0 spiro atoms. The highest BCUT2D eigenvalue weighted by atomic mass is 19.1. The lowest BCUT2D eigenvalue weighted by atomic mass is 10.1. The smallest absolute Gasteiger partial charge is 0.148 e. The third kappa shape index (κ3) is 4.06. The second kappa shape index (κ2) is 6.33. The molecule has 0 fully saturated rings. The largest absolute Gasteiger partial charge is 0.399 e. The van der Waals surface area contributed by atoms with Crippen molar-refractivity contribution in [1.82, 2.24) is 0 Å². The number of nitrogens with one attached hydrogen (secondary N) is 1. The van der Waals surface area contributed by atoms with Crippen LogP contribution in [0.3, 0.4) is 0 Å². The monoisotopic (exact) mass is 226 g/mol. The SMILES string of the molecule is CC(CO)CCCNc1ccc(N)cc1F. The molecule has 0 saturated carbocycles. The zero-order valence-electron chi connectivity index (χ0n) is 9.54. The molecule has 1 rings (SSSR count). The van der Waals surface area contributed by atoms with Gasteiger partial charge in [0.05, 0.1) is 5.69 Å². The maximum atomic E-state index is 13.3. The van der Waals surface area contributed by atoms with Crippen LogP contribution in [0.5, 0.6) is 0 Å². The predicted molar refractivity (Wildman–Crippen MR) is 64.8 cm³/mol.